The number of thiazole rings is 1. The number of nitrogen functional groups attached to an aromatic ring is 1. The quantitative estimate of drug-likeness (QED) is 0.763. The topological polar surface area (TPSA) is 94.0 Å². The number of anilines is 1. The molecule has 2 heterocycles. The van der Waals surface area contributed by atoms with Crippen molar-refractivity contribution in [3.8, 4) is 0 Å². The van der Waals surface area contributed by atoms with E-state index in [1.807, 2.05) is 19.2 Å². The summed E-state index contributed by atoms with van der Waals surface area (Å²) < 4.78 is 5.08. The molecule has 0 atom stereocenters. The fraction of sp³-hybridized carbons (Fsp3) is 0.500. The van der Waals surface area contributed by atoms with Gasteiger partial charge in [-0.1, -0.05) is 5.16 Å². The van der Waals surface area contributed by atoms with E-state index in [1.165, 1.54) is 11.3 Å². The Kier molecular flexibility index (Phi) is 5.32. The molecule has 0 radical (unpaired) electrons. The van der Waals surface area contributed by atoms with Crippen molar-refractivity contribution in [2.24, 2.45) is 0 Å². The van der Waals surface area contributed by atoms with E-state index in [4.69, 9.17) is 10.3 Å². The SMILES string of the molecule is Cc1noc(C)c1CCC(=O)NCCCc1csc(N)n1. The molecule has 0 aliphatic rings. The first-order chi connectivity index (χ1) is 10.1. The van der Waals surface area contributed by atoms with E-state index in [2.05, 4.69) is 15.5 Å². The molecule has 1 amide bonds. The molecule has 0 aromatic carbocycles. The van der Waals surface area contributed by atoms with Gasteiger partial charge in [-0.15, -0.1) is 11.3 Å². The van der Waals surface area contributed by atoms with Crippen molar-refractivity contribution >= 4 is 22.4 Å². The number of aromatic nitrogens is 2. The van der Waals surface area contributed by atoms with Crippen LogP contribution in [0.2, 0.25) is 0 Å². The minimum absolute atomic E-state index is 0.0489. The van der Waals surface area contributed by atoms with Crippen molar-refractivity contribution in [1.82, 2.24) is 15.5 Å². The first kappa shape index (κ1) is 15.5. The van der Waals surface area contributed by atoms with Gasteiger partial charge >= 0.3 is 0 Å². The highest BCUT2D eigenvalue weighted by atomic mass is 32.1. The Morgan fingerprint density at radius 2 is 2.24 bits per heavy atom. The smallest absolute Gasteiger partial charge is 0.220 e. The largest absolute Gasteiger partial charge is 0.375 e. The van der Waals surface area contributed by atoms with E-state index in [9.17, 15) is 4.79 Å². The lowest BCUT2D eigenvalue weighted by atomic mass is 10.1. The van der Waals surface area contributed by atoms with Crippen molar-refractivity contribution in [3.63, 3.8) is 0 Å². The fourth-order valence-corrected chi connectivity index (χ4v) is 2.72. The van der Waals surface area contributed by atoms with Crippen molar-refractivity contribution < 1.29 is 9.32 Å². The maximum absolute atomic E-state index is 11.8. The average molecular weight is 308 g/mol. The second-order valence-electron chi connectivity index (χ2n) is 4.93. The molecule has 0 aliphatic heterocycles. The fourth-order valence-electron chi connectivity index (χ4n) is 2.12. The van der Waals surface area contributed by atoms with Crippen LogP contribution in [0.1, 0.15) is 35.6 Å². The summed E-state index contributed by atoms with van der Waals surface area (Å²) in [5, 5.41) is 9.34. The number of aryl methyl sites for hydroxylation is 3. The zero-order valence-corrected chi connectivity index (χ0v) is 13.1. The molecule has 0 saturated carbocycles. The number of nitrogens with one attached hydrogen (secondary N) is 1. The lowest BCUT2D eigenvalue weighted by Crippen LogP contribution is -2.25. The van der Waals surface area contributed by atoms with Gasteiger partial charge in [0.05, 0.1) is 11.4 Å². The third-order valence-corrected chi connectivity index (χ3v) is 4.01. The van der Waals surface area contributed by atoms with Crippen LogP contribution in [0.15, 0.2) is 9.90 Å². The van der Waals surface area contributed by atoms with E-state index >= 15 is 0 Å². The van der Waals surface area contributed by atoms with E-state index in [0.29, 0.717) is 24.5 Å². The number of hydrogen-bond acceptors (Lipinski definition) is 6. The third-order valence-electron chi connectivity index (χ3n) is 3.28. The Morgan fingerprint density at radius 3 is 2.86 bits per heavy atom. The standard InChI is InChI=1S/C14H20N4O2S/c1-9-12(10(2)20-18-9)5-6-13(19)16-7-3-4-11-8-21-14(15)17-11/h8H,3-7H2,1-2H3,(H2,15,17)(H,16,19). The Morgan fingerprint density at radius 1 is 1.43 bits per heavy atom. The van der Waals surface area contributed by atoms with Crippen LogP contribution in [-0.2, 0) is 17.6 Å². The molecule has 2 rings (SSSR count). The van der Waals surface area contributed by atoms with Gasteiger partial charge in [-0.25, -0.2) is 4.98 Å². The van der Waals surface area contributed by atoms with Crippen molar-refractivity contribution in [3.05, 3.63) is 28.1 Å². The molecule has 21 heavy (non-hydrogen) atoms. The lowest BCUT2D eigenvalue weighted by molar-refractivity contribution is -0.121. The molecular formula is C14H20N4O2S. The number of carbonyl (C=O) groups is 1. The molecule has 0 saturated heterocycles. The van der Waals surface area contributed by atoms with Crippen molar-refractivity contribution in [2.75, 3.05) is 12.3 Å². The molecule has 2 aromatic rings. The summed E-state index contributed by atoms with van der Waals surface area (Å²) in [5.41, 5.74) is 8.45. The summed E-state index contributed by atoms with van der Waals surface area (Å²) >= 11 is 1.44. The van der Waals surface area contributed by atoms with Gasteiger partial charge in [0.15, 0.2) is 5.13 Å². The summed E-state index contributed by atoms with van der Waals surface area (Å²) in [4.78, 5) is 16.0. The lowest BCUT2D eigenvalue weighted by Gasteiger charge is -2.04. The normalized spacial score (nSPS) is 10.8. The van der Waals surface area contributed by atoms with Gasteiger partial charge in [0.2, 0.25) is 5.91 Å². The second-order valence-corrected chi connectivity index (χ2v) is 5.82. The molecule has 0 fully saturated rings. The van der Waals surface area contributed by atoms with E-state index in [1.54, 1.807) is 0 Å². The molecule has 114 valence electrons. The first-order valence-corrected chi connectivity index (χ1v) is 7.82. The monoisotopic (exact) mass is 308 g/mol. The molecule has 0 aliphatic carbocycles. The van der Waals surface area contributed by atoms with Crippen LogP contribution in [0, 0.1) is 13.8 Å². The van der Waals surface area contributed by atoms with Crippen LogP contribution in [-0.4, -0.2) is 22.6 Å². The number of carbonyl (C=O) groups excluding carboxylic acids is 1. The van der Waals surface area contributed by atoms with Gasteiger partial charge in [0.25, 0.3) is 0 Å². The van der Waals surface area contributed by atoms with Gasteiger partial charge in [-0.05, 0) is 33.1 Å². The second kappa shape index (κ2) is 7.21. The summed E-state index contributed by atoms with van der Waals surface area (Å²) in [6, 6.07) is 0. The summed E-state index contributed by atoms with van der Waals surface area (Å²) in [6.45, 7) is 4.41. The van der Waals surface area contributed by atoms with Crippen LogP contribution in [0.25, 0.3) is 0 Å². The molecule has 0 unspecified atom stereocenters. The predicted octanol–water partition coefficient (Wildman–Crippen LogP) is 2.01. The highest BCUT2D eigenvalue weighted by Crippen LogP contribution is 2.14. The Balaban J connectivity index is 1.64. The minimum atomic E-state index is 0.0489. The number of amides is 1. The van der Waals surface area contributed by atoms with Crippen molar-refractivity contribution in [1.29, 1.82) is 0 Å². The van der Waals surface area contributed by atoms with Crippen LogP contribution < -0.4 is 11.1 Å². The van der Waals surface area contributed by atoms with Gasteiger partial charge in [0, 0.05) is 23.9 Å². The van der Waals surface area contributed by atoms with Gasteiger partial charge in [-0.3, -0.25) is 4.79 Å². The van der Waals surface area contributed by atoms with E-state index in [-0.39, 0.29) is 5.91 Å². The summed E-state index contributed by atoms with van der Waals surface area (Å²) in [6.07, 6.45) is 2.81. The van der Waals surface area contributed by atoms with Gasteiger partial charge in [-0.2, -0.15) is 0 Å². The Bertz CT molecular complexity index is 586. The zero-order valence-electron chi connectivity index (χ0n) is 12.3. The highest BCUT2D eigenvalue weighted by Gasteiger charge is 2.10. The molecule has 0 spiro atoms. The van der Waals surface area contributed by atoms with Crippen LogP contribution in [0.5, 0.6) is 0 Å². The highest BCUT2D eigenvalue weighted by molar-refractivity contribution is 7.13. The summed E-state index contributed by atoms with van der Waals surface area (Å²) in [7, 11) is 0. The molecule has 2 aromatic heterocycles. The molecular weight excluding hydrogens is 288 g/mol. The number of rotatable bonds is 7. The van der Waals surface area contributed by atoms with Gasteiger partial charge in [0.1, 0.15) is 5.76 Å². The van der Waals surface area contributed by atoms with Crippen LogP contribution in [0.3, 0.4) is 0 Å². The first-order valence-electron chi connectivity index (χ1n) is 6.94. The minimum Gasteiger partial charge on any atom is -0.375 e. The molecule has 3 N–H and O–H groups in total. The molecule has 0 bridgehead atoms. The van der Waals surface area contributed by atoms with Crippen LogP contribution in [0.4, 0.5) is 5.13 Å². The van der Waals surface area contributed by atoms with Crippen molar-refractivity contribution in [2.45, 2.75) is 39.5 Å². The number of nitrogens with zero attached hydrogens (tertiary/aromatic N) is 2. The Hall–Kier alpha value is -1.89. The maximum atomic E-state index is 11.8. The Labute approximate surface area is 127 Å². The van der Waals surface area contributed by atoms with Crippen LogP contribution >= 0.6 is 11.3 Å². The zero-order chi connectivity index (χ0) is 15.2. The predicted molar refractivity (Wildman–Crippen MR) is 82.2 cm³/mol. The van der Waals surface area contributed by atoms with E-state index in [0.717, 1.165) is 35.6 Å². The third kappa shape index (κ3) is 4.56. The number of nitrogens with two attached hydrogens (primary N) is 1. The maximum Gasteiger partial charge on any atom is 0.220 e. The van der Waals surface area contributed by atoms with Gasteiger partial charge < -0.3 is 15.6 Å². The molecule has 7 heteroatoms. The summed E-state index contributed by atoms with van der Waals surface area (Å²) in [5.74, 6) is 0.842. The number of hydrogen-bond donors (Lipinski definition) is 2. The average Bonchev–Trinajstić information content (AvgIpc) is 3.00. The molecule has 6 nitrogen and oxygen atoms in total. The van der Waals surface area contributed by atoms with E-state index < -0.39 is 0 Å².